The summed E-state index contributed by atoms with van der Waals surface area (Å²) in [7, 11) is 3.17. The van der Waals surface area contributed by atoms with Gasteiger partial charge in [-0.05, 0) is 42.3 Å². The predicted molar refractivity (Wildman–Crippen MR) is 91.5 cm³/mol. The van der Waals surface area contributed by atoms with Crippen LogP contribution in [-0.2, 0) is 6.42 Å². The number of nitrogens with zero attached hydrogens (tertiary/aromatic N) is 1. The first kappa shape index (κ1) is 15.9. The Balaban J connectivity index is 2.21. The molecule has 0 aliphatic rings. The maximum Gasteiger partial charge on any atom is 0.161 e. The van der Waals surface area contributed by atoms with Crippen LogP contribution in [0, 0.1) is 0 Å². The monoisotopic (exact) mass is 325 g/mol. The van der Waals surface area contributed by atoms with E-state index in [9.17, 15) is 5.21 Å². The van der Waals surface area contributed by atoms with Crippen molar-refractivity contribution in [2.45, 2.75) is 13.3 Å². The summed E-state index contributed by atoms with van der Waals surface area (Å²) in [6.45, 7) is 2.08. The predicted octanol–water partition coefficient (Wildman–Crippen LogP) is 3.97. The van der Waals surface area contributed by atoms with Gasteiger partial charge in [0.1, 0.15) is 16.7 Å². The molecule has 0 bridgehead atoms. The maximum atomic E-state index is 9.39. The van der Waals surface area contributed by atoms with Crippen molar-refractivity contribution < 1.29 is 19.1 Å². The molecule has 0 atom stereocenters. The van der Waals surface area contributed by atoms with Gasteiger partial charge in [0.25, 0.3) is 0 Å². The van der Waals surface area contributed by atoms with Crippen molar-refractivity contribution in [1.82, 2.24) is 0 Å². The normalized spacial score (nSPS) is 11.7. The topological polar surface area (TPSA) is 64.2 Å². The molecule has 5 nitrogen and oxygen atoms in total. The van der Waals surface area contributed by atoms with Crippen molar-refractivity contribution >= 4 is 11.0 Å². The molecule has 0 amide bonds. The molecule has 1 N–H and O–H groups in total. The van der Waals surface area contributed by atoms with E-state index < -0.39 is 0 Å². The van der Waals surface area contributed by atoms with Crippen molar-refractivity contribution in [3.63, 3.8) is 0 Å². The molecule has 0 saturated heterocycles. The molecule has 1 aromatic heterocycles. The van der Waals surface area contributed by atoms with E-state index in [1.807, 2.05) is 36.4 Å². The van der Waals surface area contributed by atoms with Crippen LogP contribution in [0.25, 0.3) is 22.3 Å². The van der Waals surface area contributed by atoms with E-state index in [0.717, 1.165) is 22.9 Å². The molecule has 0 aliphatic carbocycles. The van der Waals surface area contributed by atoms with Gasteiger partial charge >= 0.3 is 0 Å². The van der Waals surface area contributed by atoms with Gasteiger partial charge in [-0.25, -0.2) is 0 Å². The van der Waals surface area contributed by atoms with E-state index in [2.05, 4.69) is 12.1 Å². The highest BCUT2D eigenvalue weighted by molar-refractivity contribution is 5.79. The van der Waals surface area contributed by atoms with Crippen molar-refractivity contribution in [3.05, 3.63) is 53.4 Å². The third kappa shape index (κ3) is 2.80. The summed E-state index contributed by atoms with van der Waals surface area (Å²) in [6.07, 6.45) is 0.901. The number of hydrogen-bond donors (Lipinski definition) is 1. The van der Waals surface area contributed by atoms with Gasteiger partial charge in [-0.1, -0.05) is 18.1 Å². The number of benzene rings is 2. The van der Waals surface area contributed by atoms with Crippen LogP contribution >= 0.6 is 0 Å². The van der Waals surface area contributed by atoms with E-state index in [1.165, 1.54) is 0 Å². The molecule has 1 heterocycles. The van der Waals surface area contributed by atoms with Gasteiger partial charge < -0.3 is 19.1 Å². The summed E-state index contributed by atoms with van der Waals surface area (Å²) in [5.41, 5.74) is 2.62. The standard InChI is InChI=1S/C19H19NO4/c1-4-12-5-7-16-14(9-12)15(20-21)11-18(24-16)13-6-8-17(22-2)19(10-13)23-3/h5-11,21H,4H2,1-3H3/b20-15-. The molecule has 0 unspecified atom stereocenters. The quantitative estimate of drug-likeness (QED) is 0.582. The highest BCUT2D eigenvalue weighted by Crippen LogP contribution is 2.32. The number of aryl methyl sites for hydroxylation is 1. The van der Waals surface area contributed by atoms with Crippen molar-refractivity contribution in [2.75, 3.05) is 14.2 Å². The third-order valence-corrected chi connectivity index (χ3v) is 3.99. The Morgan fingerprint density at radius 2 is 1.79 bits per heavy atom. The number of ether oxygens (including phenoxy) is 2. The zero-order chi connectivity index (χ0) is 17.1. The highest BCUT2D eigenvalue weighted by atomic mass is 16.5. The van der Waals surface area contributed by atoms with Crippen molar-refractivity contribution in [1.29, 1.82) is 0 Å². The van der Waals surface area contributed by atoms with Gasteiger partial charge in [0, 0.05) is 17.0 Å². The van der Waals surface area contributed by atoms with Crippen molar-refractivity contribution in [2.24, 2.45) is 5.16 Å². The molecule has 24 heavy (non-hydrogen) atoms. The molecular formula is C19H19NO4. The molecular weight excluding hydrogens is 306 g/mol. The third-order valence-electron chi connectivity index (χ3n) is 3.99. The van der Waals surface area contributed by atoms with Gasteiger partial charge in [-0.15, -0.1) is 0 Å². The second kappa shape index (κ2) is 6.66. The van der Waals surface area contributed by atoms with Gasteiger partial charge in [0.05, 0.1) is 14.2 Å². The fourth-order valence-corrected chi connectivity index (χ4v) is 2.65. The molecule has 3 aromatic rings. The highest BCUT2D eigenvalue weighted by Gasteiger charge is 2.10. The Bertz CT molecular complexity index is 944. The number of rotatable bonds is 4. The summed E-state index contributed by atoms with van der Waals surface area (Å²) in [6, 6.07) is 13.1. The summed E-state index contributed by atoms with van der Waals surface area (Å²) >= 11 is 0. The smallest absolute Gasteiger partial charge is 0.161 e. The van der Waals surface area contributed by atoms with Crippen LogP contribution in [-0.4, -0.2) is 19.4 Å². The lowest BCUT2D eigenvalue weighted by Crippen LogP contribution is -2.04. The SMILES string of the molecule is CCc1ccc2oc(-c3ccc(OC)c(OC)c3)c/c(=N/O)c2c1. The van der Waals surface area contributed by atoms with Crippen LogP contribution < -0.4 is 14.8 Å². The van der Waals surface area contributed by atoms with E-state index in [0.29, 0.717) is 28.2 Å². The van der Waals surface area contributed by atoms with Gasteiger partial charge in [0.2, 0.25) is 0 Å². The summed E-state index contributed by atoms with van der Waals surface area (Å²) in [4.78, 5) is 0. The molecule has 0 spiro atoms. The lowest BCUT2D eigenvalue weighted by molar-refractivity contribution is 0.302. The molecule has 0 saturated carbocycles. The average molecular weight is 325 g/mol. The van der Waals surface area contributed by atoms with Crippen molar-refractivity contribution in [3.8, 4) is 22.8 Å². The zero-order valence-corrected chi connectivity index (χ0v) is 13.9. The summed E-state index contributed by atoms with van der Waals surface area (Å²) in [5.74, 6) is 1.83. The minimum Gasteiger partial charge on any atom is -0.493 e. The summed E-state index contributed by atoms with van der Waals surface area (Å²) in [5, 5.41) is 14.1. The van der Waals surface area contributed by atoms with Crippen LogP contribution in [0.5, 0.6) is 11.5 Å². The molecule has 5 heteroatoms. The molecule has 3 rings (SSSR count). The van der Waals surface area contributed by atoms with E-state index in [1.54, 1.807) is 20.3 Å². The second-order valence-electron chi connectivity index (χ2n) is 5.35. The Kier molecular flexibility index (Phi) is 4.42. The second-order valence-corrected chi connectivity index (χ2v) is 5.35. The van der Waals surface area contributed by atoms with Gasteiger partial charge in [-0.3, -0.25) is 0 Å². The van der Waals surface area contributed by atoms with Crippen LogP contribution in [0.4, 0.5) is 0 Å². The Morgan fingerprint density at radius 1 is 1.00 bits per heavy atom. The minimum absolute atomic E-state index is 0.469. The zero-order valence-electron chi connectivity index (χ0n) is 13.9. The minimum atomic E-state index is 0.469. The average Bonchev–Trinajstić information content (AvgIpc) is 2.65. The molecule has 0 radical (unpaired) electrons. The van der Waals surface area contributed by atoms with E-state index in [-0.39, 0.29) is 0 Å². The number of hydrogen-bond acceptors (Lipinski definition) is 5. The molecule has 0 aliphatic heterocycles. The first-order valence-corrected chi connectivity index (χ1v) is 7.67. The number of methoxy groups -OCH3 is 2. The fraction of sp³-hybridized carbons (Fsp3) is 0.211. The van der Waals surface area contributed by atoms with Crippen LogP contribution in [0.1, 0.15) is 12.5 Å². The van der Waals surface area contributed by atoms with E-state index in [4.69, 9.17) is 13.9 Å². The van der Waals surface area contributed by atoms with Crippen LogP contribution in [0.15, 0.2) is 52.0 Å². The Morgan fingerprint density at radius 3 is 2.46 bits per heavy atom. The van der Waals surface area contributed by atoms with Gasteiger partial charge in [0.15, 0.2) is 11.5 Å². The van der Waals surface area contributed by atoms with Crippen LogP contribution in [0.2, 0.25) is 0 Å². The van der Waals surface area contributed by atoms with Crippen LogP contribution in [0.3, 0.4) is 0 Å². The first-order chi connectivity index (χ1) is 11.7. The van der Waals surface area contributed by atoms with Gasteiger partial charge in [-0.2, -0.15) is 0 Å². The largest absolute Gasteiger partial charge is 0.493 e. The first-order valence-electron chi connectivity index (χ1n) is 7.67. The number of fused-ring (bicyclic) bond motifs is 1. The maximum absolute atomic E-state index is 9.39. The Labute approximate surface area is 139 Å². The summed E-state index contributed by atoms with van der Waals surface area (Å²) < 4.78 is 16.6. The molecule has 0 fully saturated rings. The van der Waals surface area contributed by atoms with E-state index >= 15 is 0 Å². The lowest BCUT2D eigenvalue weighted by atomic mass is 10.1. The Hall–Kier alpha value is -2.95. The lowest BCUT2D eigenvalue weighted by Gasteiger charge is -2.10. The molecule has 124 valence electrons. The molecule has 2 aromatic carbocycles. The fourth-order valence-electron chi connectivity index (χ4n) is 2.65.